The highest BCUT2D eigenvalue weighted by Gasteiger charge is 2.20. The molecular weight excluding hydrogens is 280 g/mol. The molecule has 0 atom stereocenters. The number of carbonyl (C=O) groups is 1. The van der Waals surface area contributed by atoms with Gasteiger partial charge in [-0.1, -0.05) is 6.07 Å². The molecule has 0 saturated carbocycles. The number of hydrogen-bond acceptors (Lipinski definition) is 2. The number of anilines is 1. The minimum atomic E-state index is 0.190. The van der Waals surface area contributed by atoms with E-state index in [1.54, 1.807) is 0 Å². The maximum Gasteiger partial charge on any atom is 0.241 e. The van der Waals surface area contributed by atoms with Crippen LogP contribution >= 0.6 is 15.9 Å². The lowest BCUT2D eigenvalue weighted by Gasteiger charge is -2.23. The van der Waals surface area contributed by atoms with E-state index >= 15 is 0 Å². The highest BCUT2D eigenvalue weighted by molar-refractivity contribution is 9.10. The smallest absolute Gasteiger partial charge is 0.241 e. The van der Waals surface area contributed by atoms with Crippen molar-refractivity contribution in [2.45, 2.75) is 13.3 Å². The molecule has 1 heterocycles. The molecule has 0 unspecified atom stereocenters. The van der Waals surface area contributed by atoms with Crippen molar-refractivity contribution >= 4 is 27.5 Å². The molecule has 0 bridgehead atoms. The maximum atomic E-state index is 11.8. The molecule has 0 N–H and O–H groups in total. The number of carbonyl (C=O) groups excluding carboxylic acids is 1. The summed E-state index contributed by atoms with van der Waals surface area (Å²) in [7, 11) is 1.87. The molecule has 3 nitrogen and oxygen atoms in total. The van der Waals surface area contributed by atoms with Crippen LogP contribution < -0.4 is 4.90 Å². The van der Waals surface area contributed by atoms with Gasteiger partial charge < -0.3 is 9.80 Å². The van der Waals surface area contributed by atoms with Crippen molar-refractivity contribution in [3.05, 3.63) is 28.2 Å². The Hall–Kier alpha value is -1.03. The number of halogens is 1. The van der Waals surface area contributed by atoms with Gasteiger partial charge in [0.15, 0.2) is 0 Å². The summed E-state index contributed by atoms with van der Waals surface area (Å²) in [5, 5.41) is 0. The van der Waals surface area contributed by atoms with E-state index < -0.39 is 0 Å². The molecule has 0 radical (unpaired) electrons. The van der Waals surface area contributed by atoms with Crippen LogP contribution in [0.1, 0.15) is 12.0 Å². The summed E-state index contributed by atoms with van der Waals surface area (Å²) in [5.74, 6) is 0.190. The summed E-state index contributed by atoms with van der Waals surface area (Å²) >= 11 is 3.58. The predicted octanol–water partition coefficient (Wildman–Crippen LogP) is 2.43. The molecule has 0 spiro atoms. The topological polar surface area (TPSA) is 23.6 Å². The van der Waals surface area contributed by atoms with Crippen molar-refractivity contribution in [3.63, 3.8) is 0 Å². The van der Waals surface area contributed by atoms with Gasteiger partial charge in [-0.15, -0.1) is 0 Å². The van der Waals surface area contributed by atoms with Gasteiger partial charge in [-0.2, -0.15) is 0 Å². The van der Waals surface area contributed by atoms with Gasteiger partial charge in [0.05, 0.1) is 12.2 Å². The van der Waals surface area contributed by atoms with Crippen molar-refractivity contribution in [1.29, 1.82) is 0 Å². The van der Waals surface area contributed by atoms with E-state index in [0.717, 1.165) is 29.7 Å². The minimum absolute atomic E-state index is 0.190. The number of aryl methyl sites for hydroxylation is 1. The molecule has 4 heteroatoms. The van der Waals surface area contributed by atoms with Gasteiger partial charge in [0, 0.05) is 24.6 Å². The van der Waals surface area contributed by atoms with Gasteiger partial charge in [0.2, 0.25) is 5.91 Å². The predicted molar refractivity (Wildman–Crippen MR) is 73.3 cm³/mol. The molecule has 1 fully saturated rings. The van der Waals surface area contributed by atoms with Crippen LogP contribution in [0.4, 0.5) is 5.69 Å². The number of likely N-dealkylation sites (N-methyl/N-ethyl adjacent to an activating group) is 1. The van der Waals surface area contributed by atoms with Gasteiger partial charge in [0.25, 0.3) is 0 Å². The van der Waals surface area contributed by atoms with E-state index in [1.165, 1.54) is 5.56 Å². The van der Waals surface area contributed by atoms with Crippen molar-refractivity contribution in [2.75, 3.05) is 31.6 Å². The zero-order chi connectivity index (χ0) is 12.4. The SMILES string of the molecule is Cc1ccc(N2CCCN(C)C(=O)C2)c(Br)c1. The minimum Gasteiger partial charge on any atom is -0.361 e. The molecule has 92 valence electrons. The van der Waals surface area contributed by atoms with Crippen LogP contribution in [0.3, 0.4) is 0 Å². The summed E-state index contributed by atoms with van der Waals surface area (Å²) in [4.78, 5) is 15.8. The van der Waals surface area contributed by atoms with E-state index in [4.69, 9.17) is 0 Å². The Bertz CT molecular complexity index is 433. The average Bonchev–Trinajstić information content (AvgIpc) is 2.42. The van der Waals surface area contributed by atoms with Crippen molar-refractivity contribution in [1.82, 2.24) is 4.90 Å². The first-order chi connectivity index (χ1) is 8.08. The van der Waals surface area contributed by atoms with E-state index in [-0.39, 0.29) is 5.91 Å². The molecule has 1 aromatic rings. The Kier molecular flexibility index (Phi) is 3.72. The summed E-state index contributed by atoms with van der Waals surface area (Å²) < 4.78 is 1.06. The molecule has 1 aliphatic heterocycles. The lowest BCUT2D eigenvalue weighted by molar-refractivity contribution is -0.127. The Morgan fingerprint density at radius 3 is 2.76 bits per heavy atom. The highest BCUT2D eigenvalue weighted by atomic mass is 79.9. The molecule has 0 aliphatic carbocycles. The second-order valence-electron chi connectivity index (χ2n) is 4.55. The molecular formula is C13H17BrN2O. The number of hydrogen-bond donors (Lipinski definition) is 0. The number of benzene rings is 1. The van der Waals surface area contributed by atoms with Crippen LogP contribution in [0.15, 0.2) is 22.7 Å². The second-order valence-corrected chi connectivity index (χ2v) is 5.40. The fourth-order valence-corrected chi connectivity index (χ4v) is 2.80. The Morgan fingerprint density at radius 1 is 1.29 bits per heavy atom. The average molecular weight is 297 g/mol. The molecule has 1 aromatic carbocycles. The fraction of sp³-hybridized carbons (Fsp3) is 0.462. The standard InChI is InChI=1S/C13H17BrN2O/c1-10-4-5-12(11(14)8-10)16-7-3-6-15(2)13(17)9-16/h4-5,8H,3,6-7,9H2,1-2H3. The highest BCUT2D eigenvalue weighted by Crippen LogP contribution is 2.28. The molecule has 1 aliphatic rings. The summed E-state index contributed by atoms with van der Waals surface area (Å²) in [6.45, 7) is 4.31. The van der Waals surface area contributed by atoms with E-state index in [0.29, 0.717) is 6.54 Å². The van der Waals surface area contributed by atoms with Gasteiger partial charge in [-0.05, 0) is 47.0 Å². The normalized spacial score (nSPS) is 17.2. The summed E-state index contributed by atoms with van der Waals surface area (Å²) in [6, 6.07) is 6.26. The Morgan fingerprint density at radius 2 is 2.06 bits per heavy atom. The van der Waals surface area contributed by atoms with Gasteiger partial charge in [-0.25, -0.2) is 0 Å². The van der Waals surface area contributed by atoms with Crippen molar-refractivity contribution in [3.8, 4) is 0 Å². The summed E-state index contributed by atoms with van der Waals surface area (Å²) in [6.07, 6.45) is 1.02. The van der Waals surface area contributed by atoms with Crippen LogP contribution in [0.2, 0.25) is 0 Å². The van der Waals surface area contributed by atoms with Crippen LogP contribution in [-0.2, 0) is 4.79 Å². The number of nitrogens with zero attached hydrogens (tertiary/aromatic N) is 2. The lowest BCUT2D eigenvalue weighted by atomic mass is 10.2. The van der Waals surface area contributed by atoms with E-state index in [2.05, 4.69) is 46.0 Å². The molecule has 0 aromatic heterocycles. The third kappa shape index (κ3) is 2.80. The van der Waals surface area contributed by atoms with Crippen molar-refractivity contribution in [2.24, 2.45) is 0 Å². The largest absolute Gasteiger partial charge is 0.361 e. The maximum absolute atomic E-state index is 11.8. The second kappa shape index (κ2) is 5.08. The van der Waals surface area contributed by atoms with Gasteiger partial charge >= 0.3 is 0 Å². The third-order valence-corrected chi connectivity index (χ3v) is 3.75. The van der Waals surface area contributed by atoms with Crippen LogP contribution in [0.5, 0.6) is 0 Å². The van der Waals surface area contributed by atoms with E-state index in [1.807, 2.05) is 11.9 Å². The van der Waals surface area contributed by atoms with Crippen LogP contribution in [0, 0.1) is 6.92 Å². The van der Waals surface area contributed by atoms with Crippen LogP contribution in [0.25, 0.3) is 0 Å². The number of rotatable bonds is 1. The van der Waals surface area contributed by atoms with E-state index in [9.17, 15) is 4.79 Å². The first-order valence-electron chi connectivity index (χ1n) is 5.83. The monoisotopic (exact) mass is 296 g/mol. The summed E-state index contributed by atoms with van der Waals surface area (Å²) in [5.41, 5.74) is 2.33. The molecule has 1 amide bonds. The van der Waals surface area contributed by atoms with Gasteiger partial charge in [-0.3, -0.25) is 4.79 Å². The third-order valence-electron chi connectivity index (χ3n) is 3.12. The number of amides is 1. The van der Waals surface area contributed by atoms with Gasteiger partial charge in [0.1, 0.15) is 0 Å². The fourth-order valence-electron chi connectivity index (χ4n) is 2.06. The Balaban J connectivity index is 2.24. The Labute approximate surface area is 111 Å². The zero-order valence-electron chi connectivity index (χ0n) is 10.2. The van der Waals surface area contributed by atoms with Crippen molar-refractivity contribution < 1.29 is 4.79 Å². The quantitative estimate of drug-likeness (QED) is 0.795. The first-order valence-corrected chi connectivity index (χ1v) is 6.62. The lowest BCUT2D eigenvalue weighted by Crippen LogP contribution is -2.34. The molecule has 2 rings (SSSR count). The molecule has 1 saturated heterocycles. The first kappa shape index (κ1) is 12.4. The zero-order valence-corrected chi connectivity index (χ0v) is 11.8. The molecule has 17 heavy (non-hydrogen) atoms. The van der Waals surface area contributed by atoms with Crippen LogP contribution in [-0.4, -0.2) is 37.5 Å².